The van der Waals surface area contributed by atoms with E-state index < -0.39 is 0 Å². The first-order valence-corrected chi connectivity index (χ1v) is 8.29. The number of hydrogen-bond acceptors (Lipinski definition) is 3. The van der Waals surface area contributed by atoms with Crippen LogP contribution in [-0.4, -0.2) is 43.8 Å². The van der Waals surface area contributed by atoms with Gasteiger partial charge in [0.25, 0.3) is 0 Å². The molecule has 0 aromatic rings. The molecule has 1 fully saturated rings. The van der Waals surface area contributed by atoms with Gasteiger partial charge in [-0.2, -0.15) is 0 Å². The Morgan fingerprint density at radius 2 is 2.00 bits per heavy atom. The molecule has 2 N–H and O–H groups in total. The summed E-state index contributed by atoms with van der Waals surface area (Å²) in [5, 5.41) is 0. The van der Waals surface area contributed by atoms with E-state index in [2.05, 4.69) is 18.9 Å². The third kappa shape index (κ3) is 7.28. The topological polar surface area (TPSA) is 38.5 Å². The van der Waals surface area contributed by atoms with Crippen LogP contribution in [0.4, 0.5) is 0 Å². The van der Waals surface area contributed by atoms with E-state index in [0.29, 0.717) is 12.1 Å². The summed E-state index contributed by atoms with van der Waals surface area (Å²) >= 11 is 0. The minimum atomic E-state index is 0.438. The predicted molar refractivity (Wildman–Crippen MR) is 82.4 cm³/mol. The fraction of sp³-hybridized carbons (Fsp3) is 1.00. The zero-order valence-corrected chi connectivity index (χ0v) is 13.1. The van der Waals surface area contributed by atoms with Crippen LogP contribution in [0.1, 0.15) is 64.7 Å². The highest BCUT2D eigenvalue weighted by molar-refractivity contribution is 4.74. The Kier molecular flexibility index (Phi) is 9.48. The van der Waals surface area contributed by atoms with Crippen LogP contribution < -0.4 is 5.73 Å². The number of ether oxygens (including phenoxy) is 1. The summed E-state index contributed by atoms with van der Waals surface area (Å²) in [6, 6.07) is 0.534. The van der Waals surface area contributed by atoms with Crippen molar-refractivity contribution in [2.24, 2.45) is 5.73 Å². The van der Waals surface area contributed by atoms with Gasteiger partial charge in [-0.1, -0.05) is 39.0 Å². The van der Waals surface area contributed by atoms with Gasteiger partial charge in [-0.15, -0.1) is 0 Å². The second-order valence-electron chi connectivity index (χ2n) is 6.02. The van der Waals surface area contributed by atoms with E-state index in [1.54, 1.807) is 0 Å². The molecule has 0 radical (unpaired) electrons. The number of hydrogen-bond donors (Lipinski definition) is 1. The van der Waals surface area contributed by atoms with Crippen molar-refractivity contribution in [3.63, 3.8) is 0 Å². The van der Waals surface area contributed by atoms with E-state index in [9.17, 15) is 0 Å². The first-order chi connectivity index (χ1) is 9.27. The molecule has 0 aliphatic carbocycles. The van der Waals surface area contributed by atoms with Gasteiger partial charge in [-0.05, 0) is 32.7 Å². The largest absolute Gasteiger partial charge is 0.377 e. The summed E-state index contributed by atoms with van der Waals surface area (Å²) in [5.41, 5.74) is 5.94. The molecule has 2 atom stereocenters. The fourth-order valence-corrected chi connectivity index (χ4v) is 2.92. The lowest BCUT2D eigenvalue weighted by Crippen LogP contribution is -2.43. The van der Waals surface area contributed by atoms with Crippen molar-refractivity contribution in [1.29, 1.82) is 0 Å². The molecule has 1 aliphatic rings. The summed E-state index contributed by atoms with van der Waals surface area (Å²) in [6.45, 7) is 5.04. The minimum absolute atomic E-state index is 0.438. The molecular formula is C16H34N2O. The van der Waals surface area contributed by atoms with Gasteiger partial charge in [0.05, 0.1) is 6.10 Å². The lowest BCUT2D eigenvalue weighted by Gasteiger charge is -2.32. The van der Waals surface area contributed by atoms with Crippen LogP contribution in [0.2, 0.25) is 0 Å². The maximum Gasteiger partial charge on any atom is 0.0702 e. The Hall–Kier alpha value is -0.120. The van der Waals surface area contributed by atoms with Gasteiger partial charge in [-0.25, -0.2) is 0 Å². The highest BCUT2D eigenvalue weighted by Crippen LogP contribution is 2.16. The summed E-state index contributed by atoms with van der Waals surface area (Å²) < 4.78 is 5.82. The Bertz CT molecular complexity index is 205. The molecule has 0 spiro atoms. The molecule has 0 aromatic carbocycles. The van der Waals surface area contributed by atoms with Crippen molar-refractivity contribution in [2.75, 3.05) is 26.7 Å². The molecule has 1 saturated heterocycles. The number of nitrogens with two attached hydrogens (primary N) is 1. The molecule has 19 heavy (non-hydrogen) atoms. The summed E-state index contributed by atoms with van der Waals surface area (Å²) in [5.74, 6) is 0. The van der Waals surface area contributed by atoms with Crippen molar-refractivity contribution < 1.29 is 4.74 Å². The van der Waals surface area contributed by atoms with E-state index in [1.807, 2.05) is 0 Å². The minimum Gasteiger partial charge on any atom is -0.377 e. The molecule has 1 aliphatic heterocycles. The maximum atomic E-state index is 5.94. The van der Waals surface area contributed by atoms with Crippen molar-refractivity contribution >= 4 is 0 Å². The van der Waals surface area contributed by atoms with Gasteiger partial charge in [-0.3, -0.25) is 4.90 Å². The van der Waals surface area contributed by atoms with Gasteiger partial charge >= 0.3 is 0 Å². The van der Waals surface area contributed by atoms with E-state index >= 15 is 0 Å². The lowest BCUT2D eigenvalue weighted by atomic mass is 10.0. The monoisotopic (exact) mass is 270 g/mol. The highest BCUT2D eigenvalue weighted by Gasteiger charge is 2.19. The van der Waals surface area contributed by atoms with E-state index in [-0.39, 0.29) is 0 Å². The van der Waals surface area contributed by atoms with Gasteiger partial charge in [0.2, 0.25) is 0 Å². The standard InChI is InChI=1S/C16H34N2O/c1-3-4-5-6-7-10-15(13-17)18(2)14-16-11-8-9-12-19-16/h15-16H,3-14,17H2,1-2H3. The number of rotatable bonds is 10. The van der Waals surface area contributed by atoms with Crippen LogP contribution in [0.5, 0.6) is 0 Å². The zero-order valence-electron chi connectivity index (χ0n) is 13.1. The molecule has 2 unspecified atom stereocenters. The fourth-order valence-electron chi connectivity index (χ4n) is 2.92. The molecule has 1 rings (SSSR count). The summed E-state index contributed by atoms with van der Waals surface area (Å²) in [7, 11) is 2.21. The Labute approximate surface area is 119 Å². The quantitative estimate of drug-likeness (QED) is 0.620. The second-order valence-corrected chi connectivity index (χ2v) is 6.02. The zero-order chi connectivity index (χ0) is 13.9. The molecular weight excluding hydrogens is 236 g/mol. The second kappa shape index (κ2) is 10.6. The van der Waals surface area contributed by atoms with Crippen LogP contribution in [0.25, 0.3) is 0 Å². The SMILES string of the molecule is CCCCCCCC(CN)N(C)CC1CCCCO1. The van der Waals surface area contributed by atoms with Crippen LogP contribution in [0.3, 0.4) is 0 Å². The van der Waals surface area contributed by atoms with Crippen LogP contribution in [0, 0.1) is 0 Å². The van der Waals surface area contributed by atoms with E-state index in [0.717, 1.165) is 19.7 Å². The summed E-state index contributed by atoms with van der Waals surface area (Å²) in [6.07, 6.45) is 12.2. The molecule has 0 amide bonds. The summed E-state index contributed by atoms with van der Waals surface area (Å²) in [4.78, 5) is 2.43. The molecule has 0 bridgehead atoms. The molecule has 114 valence electrons. The van der Waals surface area contributed by atoms with E-state index in [1.165, 1.54) is 57.8 Å². The average Bonchev–Trinajstić information content (AvgIpc) is 2.44. The maximum absolute atomic E-state index is 5.94. The van der Waals surface area contributed by atoms with Crippen molar-refractivity contribution in [2.45, 2.75) is 76.9 Å². The molecule has 1 heterocycles. The molecule has 3 nitrogen and oxygen atoms in total. The molecule has 0 saturated carbocycles. The van der Waals surface area contributed by atoms with E-state index in [4.69, 9.17) is 10.5 Å². The Morgan fingerprint density at radius 3 is 2.63 bits per heavy atom. The van der Waals surface area contributed by atoms with Gasteiger partial charge in [0.1, 0.15) is 0 Å². The number of nitrogens with zero attached hydrogens (tertiary/aromatic N) is 1. The van der Waals surface area contributed by atoms with Crippen LogP contribution in [-0.2, 0) is 4.74 Å². The predicted octanol–water partition coefficient (Wildman–Crippen LogP) is 3.18. The van der Waals surface area contributed by atoms with Crippen molar-refractivity contribution in [3.8, 4) is 0 Å². The van der Waals surface area contributed by atoms with Gasteiger partial charge in [0.15, 0.2) is 0 Å². The number of likely N-dealkylation sites (N-methyl/N-ethyl adjacent to an activating group) is 1. The first-order valence-electron chi connectivity index (χ1n) is 8.29. The third-order valence-corrected chi connectivity index (χ3v) is 4.30. The first kappa shape index (κ1) is 16.9. The van der Waals surface area contributed by atoms with Crippen molar-refractivity contribution in [3.05, 3.63) is 0 Å². The molecule has 3 heteroatoms. The van der Waals surface area contributed by atoms with Gasteiger partial charge < -0.3 is 10.5 Å². The Morgan fingerprint density at radius 1 is 1.21 bits per heavy atom. The highest BCUT2D eigenvalue weighted by atomic mass is 16.5. The average molecular weight is 270 g/mol. The van der Waals surface area contributed by atoms with Crippen LogP contribution in [0.15, 0.2) is 0 Å². The third-order valence-electron chi connectivity index (χ3n) is 4.30. The number of unbranched alkanes of at least 4 members (excludes halogenated alkanes) is 4. The normalized spacial score (nSPS) is 21.8. The van der Waals surface area contributed by atoms with Gasteiger partial charge in [0, 0.05) is 25.7 Å². The Balaban J connectivity index is 2.16. The lowest BCUT2D eigenvalue weighted by molar-refractivity contribution is -0.00827. The molecule has 0 aromatic heterocycles. The smallest absolute Gasteiger partial charge is 0.0702 e. The van der Waals surface area contributed by atoms with Crippen LogP contribution >= 0.6 is 0 Å². The van der Waals surface area contributed by atoms with Crippen molar-refractivity contribution in [1.82, 2.24) is 4.90 Å².